The van der Waals surface area contributed by atoms with Crippen LogP contribution in [-0.2, 0) is 35.1 Å². The molecule has 0 radical (unpaired) electrons. The molecule has 1 heterocycles. The average molecular weight is 591 g/mol. The minimum atomic E-state index is -1.30. The smallest absolute Gasteiger partial charge is 0.340 e. The van der Waals surface area contributed by atoms with E-state index in [1.54, 1.807) is 18.0 Å². The van der Waals surface area contributed by atoms with Crippen LogP contribution in [-0.4, -0.2) is 71.4 Å². The van der Waals surface area contributed by atoms with E-state index in [9.17, 15) is 29.9 Å². The number of aliphatic hydroxyl groups excluding tert-OH is 2. The first kappa shape index (κ1) is 30.5. The van der Waals surface area contributed by atoms with Gasteiger partial charge in [0.2, 0.25) is 5.78 Å². The topological polar surface area (TPSA) is 146 Å². The molecule has 6 atom stereocenters. The fourth-order valence-corrected chi connectivity index (χ4v) is 7.66. The second kappa shape index (κ2) is 11.6. The van der Waals surface area contributed by atoms with Crippen LogP contribution in [0, 0.1) is 28.1 Å². The highest BCUT2D eigenvalue weighted by Crippen LogP contribution is 2.63. The lowest BCUT2D eigenvalue weighted by Gasteiger charge is -2.54. The molecule has 6 unspecified atom stereocenters. The van der Waals surface area contributed by atoms with Crippen LogP contribution >= 0.6 is 0 Å². The summed E-state index contributed by atoms with van der Waals surface area (Å²) in [6, 6.07) is 11.6. The van der Waals surface area contributed by atoms with Crippen LogP contribution in [0.4, 0.5) is 0 Å². The summed E-state index contributed by atoms with van der Waals surface area (Å²) in [4.78, 5) is 42.0. The third-order valence-corrected chi connectivity index (χ3v) is 9.71. The molecule has 0 spiro atoms. The van der Waals surface area contributed by atoms with Gasteiger partial charge in [0.25, 0.3) is 0 Å². The van der Waals surface area contributed by atoms with Gasteiger partial charge in [0.1, 0.15) is 12.2 Å². The predicted molar refractivity (Wildman–Crippen MR) is 154 cm³/mol. The second-order valence-corrected chi connectivity index (χ2v) is 12.3. The largest absolute Gasteiger partial charge is 0.504 e. The SMILES string of the molecule is COCC1OC(=O)/C(=C\N(CCC#N)Cc2ccccc2)C2=C(O)C(=O)C3=C(C(OC(C)=O)CC4(C)C(O)CCC34)C21C. The Morgan fingerprint density at radius 3 is 2.60 bits per heavy atom. The number of aliphatic hydroxyl groups is 2. The lowest BCUT2D eigenvalue weighted by atomic mass is 9.53. The number of benzene rings is 1. The van der Waals surface area contributed by atoms with Crippen LogP contribution in [0.15, 0.2) is 64.6 Å². The number of methoxy groups -OCH3 is 1. The standard InChI is InChI=1S/C33H38N2O8/c1-19(36)42-23-15-32(2)22(11-12-24(32)37)26-28(23)33(3)25(18-41-4)43-31(40)21(27(33)30(39)29(26)38)17-35(14-8-13-34)16-20-9-6-5-7-10-20/h5-7,9-10,17,22-25,37,39H,8,11-12,14-16,18H2,1-4H3/b21-17-. The van der Waals surface area contributed by atoms with Crippen LogP contribution in [0.2, 0.25) is 0 Å². The van der Waals surface area contributed by atoms with E-state index in [1.165, 1.54) is 14.0 Å². The Hall–Kier alpha value is -3.94. The first-order valence-electron chi connectivity index (χ1n) is 14.6. The van der Waals surface area contributed by atoms with Gasteiger partial charge in [0, 0.05) is 49.9 Å². The van der Waals surface area contributed by atoms with Gasteiger partial charge in [-0.1, -0.05) is 37.3 Å². The highest BCUT2D eigenvalue weighted by Gasteiger charge is 2.64. The van der Waals surface area contributed by atoms with Gasteiger partial charge in [-0.05, 0) is 43.2 Å². The molecule has 2 N–H and O–H groups in total. The Bertz CT molecular complexity index is 1460. The van der Waals surface area contributed by atoms with Crippen LogP contribution < -0.4 is 0 Å². The minimum absolute atomic E-state index is 0.0116. The number of ether oxygens (including phenoxy) is 3. The molecule has 1 aromatic carbocycles. The fourth-order valence-electron chi connectivity index (χ4n) is 7.66. The van der Waals surface area contributed by atoms with Crippen molar-refractivity contribution in [1.82, 2.24) is 4.90 Å². The first-order valence-corrected chi connectivity index (χ1v) is 14.6. The summed E-state index contributed by atoms with van der Waals surface area (Å²) < 4.78 is 17.3. The van der Waals surface area contributed by atoms with E-state index in [1.807, 2.05) is 37.3 Å². The van der Waals surface area contributed by atoms with E-state index in [-0.39, 0.29) is 37.1 Å². The molecule has 4 aliphatic rings. The van der Waals surface area contributed by atoms with Gasteiger partial charge >= 0.3 is 11.9 Å². The Morgan fingerprint density at radius 2 is 1.95 bits per heavy atom. The van der Waals surface area contributed by atoms with Gasteiger partial charge in [-0.15, -0.1) is 0 Å². The summed E-state index contributed by atoms with van der Waals surface area (Å²) in [5, 5.41) is 32.1. The van der Waals surface area contributed by atoms with Gasteiger partial charge < -0.3 is 29.3 Å². The van der Waals surface area contributed by atoms with Crippen molar-refractivity contribution in [3.8, 4) is 6.07 Å². The Morgan fingerprint density at radius 1 is 1.23 bits per heavy atom. The number of carbonyl (C=O) groups excluding carboxylic acids is 3. The average Bonchev–Trinajstić information content (AvgIpc) is 3.26. The molecule has 10 nitrogen and oxygen atoms in total. The quantitative estimate of drug-likeness (QED) is 0.340. The molecule has 1 aliphatic heterocycles. The third kappa shape index (κ3) is 5.04. The summed E-state index contributed by atoms with van der Waals surface area (Å²) >= 11 is 0. The number of fused-ring (bicyclic) bond motifs is 4. The fraction of sp³-hybridized carbons (Fsp3) is 0.515. The molecule has 0 amide bonds. The third-order valence-electron chi connectivity index (χ3n) is 9.71. The van der Waals surface area contributed by atoms with Crippen molar-refractivity contribution < 1.29 is 38.8 Å². The molecule has 5 rings (SSSR count). The van der Waals surface area contributed by atoms with Crippen molar-refractivity contribution in [2.45, 2.75) is 71.3 Å². The summed E-state index contributed by atoms with van der Waals surface area (Å²) in [5.41, 5.74) is -0.260. The summed E-state index contributed by atoms with van der Waals surface area (Å²) in [5.74, 6) is -2.91. The van der Waals surface area contributed by atoms with Crippen LogP contribution in [0.5, 0.6) is 0 Å². The maximum absolute atomic E-state index is 14.2. The normalized spacial score (nSPS) is 32.5. The molecule has 2 fully saturated rings. The monoisotopic (exact) mass is 590 g/mol. The molecule has 3 aliphatic carbocycles. The second-order valence-electron chi connectivity index (χ2n) is 12.3. The molecular formula is C33H38N2O8. The van der Waals surface area contributed by atoms with E-state index in [0.717, 1.165) is 5.56 Å². The molecule has 0 aromatic heterocycles. The number of hydrogen-bond acceptors (Lipinski definition) is 10. The number of nitrogens with zero attached hydrogens (tertiary/aromatic N) is 2. The highest BCUT2D eigenvalue weighted by atomic mass is 16.6. The number of Topliss-reactive ketones (excluding diaryl/α,β-unsaturated/α-hetero) is 1. The van der Waals surface area contributed by atoms with Gasteiger partial charge in [-0.2, -0.15) is 5.26 Å². The molecule has 10 heteroatoms. The Balaban J connectivity index is 1.71. The van der Waals surface area contributed by atoms with Crippen LogP contribution in [0.25, 0.3) is 0 Å². The zero-order valence-electron chi connectivity index (χ0n) is 25.0. The van der Waals surface area contributed by atoms with Gasteiger partial charge in [0.15, 0.2) is 5.76 Å². The van der Waals surface area contributed by atoms with E-state index in [0.29, 0.717) is 30.5 Å². The Labute approximate surface area is 251 Å². The van der Waals surface area contributed by atoms with Gasteiger partial charge in [0.05, 0.1) is 36.2 Å². The molecule has 228 valence electrons. The number of cyclic esters (lactones) is 1. The van der Waals surface area contributed by atoms with Crippen molar-refractivity contribution in [2.24, 2.45) is 16.7 Å². The maximum Gasteiger partial charge on any atom is 0.340 e. The molecule has 0 bridgehead atoms. The van der Waals surface area contributed by atoms with Crippen LogP contribution in [0.3, 0.4) is 0 Å². The number of hydrogen-bond donors (Lipinski definition) is 2. The molecular weight excluding hydrogens is 552 g/mol. The van der Waals surface area contributed by atoms with E-state index in [2.05, 4.69) is 6.07 Å². The zero-order valence-corrected chi connectivity index (χ0v) is 25.0. The minimum Gasteiger partial charge on any atom is -0.504 e. The van der Waals surface area contributed by atoms with E-state index >= 15 is 0 Å². The molecule has 43 heavy (non-hydrogen) atoms. The van der Waals surface area contributed by atoms with Gasteiger partial charge in [-0.25, -0.2) is 4.79 Å². The lowest BCUT2D eigenvalue weighted by Crippen LogP contribution is -2.57. The summed E-state index contributed by atoms with van der Waals surface area (Å²) in [6.45, 7) is 5.56. The van der Waals surface area contributed by atoms with Crippen molar-refractivity contribution in [3.63, 3.8) is 0 Å². The van der Waals surface area contributed by atoms with E-state index in [4.69, 9.17) is 14.2 Å². The molecule has 1 aromatic rings. The predicted octanol–water partition coefficient (Wildman–Crippen LogP) is 3.67. The Kier molecular flexibility index (Phi) is 8.25. The van der Waals surface area contributed by atoms with Crippen molar-refractivity contribution in [1.29, 1.82) is 5.26 Å². The number of esters is 2. The lowest BCUT2D eigenvalue weighted by molar-refractivity contribution is -0.161. The number of rotatable bonds is 8. The van der Waals surface area contributed by atoms with Crippen molar-refractivity contribution >= 4 is 17.7 Å². The highest BCUT2D eigenvalue weighted by molar-refractivity contribution is 6.13. The molecule has 1 saturated heterocycles. The maximum atomic E-state index is 14.2. The van der Waals surface area contributed by atoms with Crippen molar-refractivity contribution in [3.05, 3.63) is 70.1 Å². The molecule has 1 saturated carbocycles. The van der Waals surface area contributed by atoms with Gasteiger partial charge in [-0.3, -0.25) is 9.59 Å². The number of nitriles is 1. The summed E-state index contributed by atoms with van der Waals surface area (Å²) in [6.07, 6.45) is 0.382. The van der Waals surface area contributed by atoms with E-state index < -0.39 is 58.5 Å². The van der Waals surface area contributed by atoms with Crippen LogP contribution in [0.1, 0.15) is 52.0 Å². The zero-order chi connectivity index (χ0) is 31.1. The van der Waals surface area contributed by atoms with Crippen molar-refractivity contribution in [2.75, 3.05) is 20.3 Å². The number of ketones is 1. The first-order chi connectivity index (χ1) is 20.5. The summed E-state index contributed by atoms with van der Waals surface area (Å²) in [7, 11) is 1.47. The number of allylic oxidation sites excluding steroid dienone is 1. The number of carbonyl (C=O) groups is 3.